The number of ether oxygens (including phenoxy) is 4. The van der Waals surface area contributed by atoms with E-state index in [1.54, 1.807) is 21.0 Å². The summed E-state index contributed by atoms with van der Waals surface area (Å²) in [5.74, 6) is 1.46. The van der Waals surface area contributed by atoms with Crippen LogP contribution in [0.15, 0.2) is 36.4 Å². The number of carbonyl (C=O) groups is 2. The summed E-state index contributed by atoms with van der Waals surface area (Å²) in [6.07, 6.45) is 4.01. The lowest BCUT2D eigenvalue weighted by Gasteiger charge is -2.33. The molecule has 8 heteroatoms. The van der Waals surface area contributed by atoms with Gasteiger partial charge in [0, 0.05) is 5.41 Å². The molecule has 0 bridgehead atoms. The maximum absolute atomic E-state index is 12.5. The standard InChI is InChI=1S/C20H26N2O6/c1-4-26-18(23)21-22(19(24)27-5-2)16-10-11-17(20(16)12-13-20)28-15-8-6-14(25-3)7-9-15/h6-11,16-17H,4-5,12-13H2,1-3H3,(H,21,23)/t16-,17+/m1/s1. The van der Waals surface area contributed by atoms with Crippen molar-refractivity contribution < 1.29 is 28.5 Å². The number of amides is 2. The molecule has 0 aromatic heterocycles. The van der Waals surface area contributed by atoms with Crippen LogP contribution in [0.1, 0.15) is 26.7 Å². The maximum atomic E-state index is 12.5. The van der Waals surface area contributed by atoms with E-state index >= 15 is 0 Å². The summed E-state index contributed by atoms with van der Waals surface area (Å²) in [7, 11) is 1.61. The molecule has 152 valence electrons. The van der Waals surface area contributed by atoms with Gasteiger partial charge >= 0.3 is 12.2 Å². The van der Waals surface area contributed by atoms with Crippen molar-refractivity contribution in [3.63, 3.8) is 0 Å². The average Bonchev–Trinajstić information content (AvgIpc) is 3.41. The number of nitrogens with one attached hydrogen (secondary N) is 1. The Balaban J connectivity index is 1.74. The fraction of sp³-hybridized carbons (Fsp3) is 0.500. The first-order valence-corrected chi connectivity index (χ1v) is 9.42. The Morgan fingerprint density at radius 1 is 1.07 bits per heavy atom. The van der Waals surface area contributed by atoms with Crippen LogP contribution in [0.5, 0.6) is 11.5 Å². The first-order chi connectivity index (χ1) is 13.5. The molecule has 1 aromatic carbocycles. The smallest absolute Gasteiger partial charge is 0.429 e. The zero-order valence-corrected chi connectivity index (χ0v) is 16.3. The molecule has 1 saturated carbocycles. The Kier molecular flexibility index (Phi) is 5.96. The normalized spacial score (nSPS) is 21.1. The summed E-state index contributed by atoms with van der Waals surface area (Å²) in [4.78, 5) is 24.4. The third-order valence-corrected chi connectivity index (χ3v) is 5.00. The predicted octanol–water partition coefficient (Wildman–Crippen LogP) is 3.28. The van der Waals surface area contributed by atoms with E-state index in [4.69, 9.17) is 18.9 Å². The van der Waals surface area contributed by atoms with Crippen LogP contribution >= 0.6 is 0 Å². The molecule has 2 aliphatic rings. The number of methoxy groups -OCH3 is 1. The molecule has 1 spiro atoms. The van der Waals surface area contributed by atoms with E-state index in [1.807, 2.05) is 36.4 Å². The highest BCUT2D eigenvalue weighted by atomic mass is 16.6. The molecule has 0 aliphatic heterocycles. The molecule has 2 amide bonds. The molecular formula is C20H26N2O6. The first-order valence-electron chi connectivity index (χ1n) is 9.42. The monoisotopic (exact) mass is 390 g/mol. The van der Waals surface area contributed by atoms with Crippen LogP contribution < -0.4 is 14.9 Å². The van der Waals surface area contributed by atoms with Crippen LogP contribution in [0.25, 0.3) is 0 Å². The van der Waals surface area contributed by atoms with Crippen LogP contribution in [0.2, 0.25) is 0 Å². The molecule has 2 aliphatic carbocycles. The van der Waals surface area contributed by atoms with E-state index < -0.39 is 12.2 Å². The lowest BCUT2D eigenvalue weighted by atomic mass is 9.96. The molecule has 0 heterocycles. The summed E-state index contributed by atoms with van der Waals surface area (Å²) in [6.45, 7) is 3.82. The molecule has 2 atom stereocenters. The van der Waals surface area contributed by atoms with Gasteiger partial charge in [-0.15, -0.1) is 0 Å². The van der Waals surface area contributed by atoms with Crippen LogP contribution in [-0.4, -0.2) is 49.7 Å². The van der Waals surface area contributed by atoms with Gasteiger partial charge in [0.25, 0.3) is 0 Å². The molecule has 0 unspecified atom stereocenters. The number of benzene rings is 1. The van der Waals surface area contributed by atoms with Crippen LogP contribution in [0.4, 0.5) is 9.59 Å². The fourth-order valence-electron chi connectivity index (χ4n) is 3.47. The van der Waals surface area contributed by atoms with E-state index in [-0.39, 0.29) is 30.8 Å². The van der Waals surface area contributed by atoms with Gasteiger partial charge in [-0.1, -0.05) is 6.08 Å². The fourth-order valence-corrected chi connectivity index (χ4v) is 3.47. The lowest BCUT2D eigenvalue weighted by molar-refractivity contribution is 0.0363. The maximum Gasteiger partial charge on any atom is 0.429 e. The zero-order valence-electron chi connectivity index (χ0n) is 16.3. The number of nitrogens with zero attached hydrogens (tertiary/aromatic N) is 1. The zero-order chi connectivity index (χ0) is 20.1. The van der Waals surface area contributed by atoms with Crippen LogP contribution in [0, 0.1) is 5.41 Å². The second-order valence-electron chi connectivity index (χ2n) is 6.68. The molecule has 28 heavy (non-hydrogen) atoms. The summed E-state index contributed by atoms with van der Waals surface area (Å²) in [6, 6.07) is 6.97. The predicted molar refractivity (Wildman–Crippen MR) is 101 cm³/mol. The highest BCUT2D eigenvalue weighted by Crippen LogP contribution is 2.57. The van der Waals surface area contributed by atoms with E-state index in [9.17, 15) is 9.59 Å². The third kappa shape index (κ3) is 4.00. The van der Waals surface area contributed by atoms with Gasteiger partial charge in [-0.2, -0.15) is 0 Å². The van der Waals surface area contributed by atoms with Gasteiger partial charge in [-0.3, -0.25) is 0 Å². The number of carbonyl (C=O) groups excluding carboxylic acids is 2. The second-order valence-corrected chi connectivity index (χ2v) is 6.68. The average molecular weight is 390 g/mol. The minimum Gasteiger partial charge on any atom is -0.497 e. The van der Waals surface area contributed by atoms with Crippen molar-refractivity contribution in [2.45, 2.75) is 38.8 Å². The Bertz CT molecular complexity index is 729. The van der Waals surface area contributed by atoms with Gasteiger partial charge in [-0.25, -0.2) is 20.0 Å². The Morgan fingerprint density at radius 3 is 2.29 bits per heavy atom. The van der Waals surface area contributed by atoms with Gasteiger partial charge < -0.3 is 18.9 Å². The molecule has 1 fully saturated rings. The number of rotatable bonds is 6. The van der Waals surface area contributed by atoms with Gasteiger partial charge in [0.1, 0.15) is 17.6 Å². The largest absolute Gasteiger partial charge is 0.497 e. The Morgan fingerprint density at radius 2 is 1.71 bits per heavy atom. The van der Waals surface area contributed by atoms with Crippen molar-refractivity contribution in [2.75, 3.05) is 20.3 Å². The van der Waals surface area contributed by atoms with E-state index in [0.29, 0.717) is 5.75 Å². The van der Waals surface area contributed by atoms with Crippen molar-refractivity contribution in [3.8, 4) is 11.5 Å². The molecule has 3 rings (SSSR count). The van der Waals surface area contributed by atoms with Crippen LogP contribution in [0.3, 0.4) is 0 Å². The number of hydrazine groups is 1. The topological polar surface area (TPSA) is 86.3 Å². The minimum atomic E-state index is -0.695. The minimum absolute atomic E-state index is 0.203. The Labute approximate surface area is 164 Å². The lowest BCUT2D eigenvalue weighted by Crippen LogP contribution is -2.55. The van der Waals surface area contributed by atoms with Gasteiger partial charge in [0.15, 0.2) is 0 Å². The second kappa shape index (κ2) is 8.41. The molecule has 1 aromatic rings. The number of hydrogen-bond donors (Lipinski definition) is 1. The highest BCUT2D eigenvalue weighted by molar-refractivity contribution is 5.74. The van der Waals surface area contributed by atoms with Crippen molar-refractivity contribution in [1.29, 1.82) is 0 Å². The SMILES string of the molecule is CCOC(=O)NN(C(=O)OCC)[C@@H]1C=C[C@H](Oc2ccc(OC)cc2)C12CC2. The van der Waals surface area contributed by atoms with Crippen LogP contribution in [-0.2, 0) is 9.47 Å². The first kappa shape index (κ1) is 19.9. The van der Waals surface area contributed by atoms with Crippen molar-refractivity contribution in [3.05, 3.63) is 36.4 Å². The molecule has 1 N–H and O–H groups in total. The van der Waals surface area contributed by atoms with Crippen molar-refractivity contribution >= 4 is 12.2 Å². The summed E-state index contributed by atoms with van der Waals surface area (Å²) < 4.78 is 21.4. The molecule has 0 radical (unpaired) electrons. The van der Waals surface area contributed by atoms with Crippen molar-refractivity contribution in [1.82, 2.24) is 10.4 Å². The van der Waals surface area contributed by atoms with E-state index in [0.717, 1.165) is 18.6 Å². The van der Waals surface area contributed by atoms with E-state index in [2.05, 4.69) is 5.43 Å². The van der Waals surface area contributed by atoms with Gasteiger partial charge in [0.05, 0.1) is 26.4 Å². The molecule has 8 nitrogen and oxygen atoms in total. The third-order valence-electron chi connectivity index (χ3n) is 5.00. The van der Waals surface area contributed by atoms with E-state index in [1.165, 1.54) is 5.01 Å². The Hall–Kier alpha value is -2.90. The molecular weight excluding hydrogens is 364 g/mol. The van der Waals surface area contributed by atoms with Gasteiger partial charge in [0.2, 0.25) is 0 Å². The number of hydrogen-bond acceptors (Lipinski definition) is 6. The highest BCUT2D eigenvalue weighted by Gasteiger charge is 2.61. The summed E-state index contributed by atoms with van der Waals surface area (Å²) >= 11 is 0. The summed E-state index contributed by atoms with van der Waals surface area (Å²) in [5, 5.41) is 1.21. The van der Waals surface area contributed by atoms with Crippen molar-refractivity contribution in [2.24, 2.45) is 5.41 Å². The van der Waals surface area contributed by atoms with Gasteiger partial charge in [-0.05, 0) is 57.0 Å². The molecule has 0 saturated heterocycles. The quantitative estimate of drug-likeness (QED) is 0.593. The summed E-state index contributed by atoms with van der Waals surface area (Å²) in [5.41, 5.74) is 2.21.